The van der Waals surface area contributed by atoms with E-state index in [2.05, 4.69) is 41.4 Å². The molecule has 0 aliphatic heterocycles. The SMILES string of the molecule is CC(=N\Nc1nnc(C)n1N)/C(C)=N/Nc1nnc(C)n1N.Cl.Cl. The molecule has 2 aromatic rings. The third-order valence-electron chi connectivity index (χ3n) is 2.90. The zero-order chi connectivity index (χ0) is 16.3. The van der Waals surface area contributed by atoms with E-state index in [1.807, 2.05) is 0 Å². The molecule has 0 saturated carbocycles. The van der Waals surface area contributed by atoms with Crippen molar-refractivity contribution in [3.63, 3.8) is 0 Å². The second-order valence-electron chi connectivity index (χ2n) is 4.50. The number of hydrogen-bond donors (Lipinski definition) is 4. The van der Waals surface area contributed by atoms with Crippen LogP contribution in [-0.4, -0.2) is 41.2 Å². The fourth-order valence-electron chi connectivity index (χ4n) is 1.32. The number of aryl methyl sites for hydroxylation is 2. The highest BCUT2D eigenvalue weighted by Gasteiger charge is 2.06. The molecule has 0 fully saturated rings. The lowest BCUT2D eigenvalue weighted by atomic mass is 10.3. The fourth-order valence-corrected chi connectivity index (χ4v) is 1.32. The Labute approximate surface area is 150 Å². The van der Waals surface area contributed by atoms with E-state index in [1.165, 1.54) is 9.35 Å². The van der Waals surface area contributed by atoms with Gasteiger partial charge in [-0.1, -0.05) is 0 Å². The zero-order valence-electron chi connectivity index (χ0n) is 13.5. The van der Waals surface area contributed by atoms with Crippen molar-refractivity contribution in [2.45, 2.75) is 27.7 Å². The molecule has 14 heteroatoms. The summed E-state index contributed by atoms with van der Waals surface area (Å²) in [6.07, 6.45) is 0. The molecule has 24 heavy (non-hydrogen) atoms. The standard InChI is InChI=1S/C10H18N12.2ClH/c1-5(13-17-9-19-15-7(3)21(9)11)6(2)14-18-10-20-16-8(4)22(10)12;;/h11-12H2,1-4H3,(H,17,19)(H,18,20);2*1H/b13-5+,14-6+;;. The van der Waals surface area contributed by atoms with Crippen molar-refractivity contribution < 1.29 is 0 Å². The number of nitrogens with two attached hydrogens (primary N) is 2. The lowest BCUT2D eigenvalue weighted by Gasteiger charge is -2.04. The topological polar surface area (TPSA) is 162 Å². The van der Waals surface area contributed by atoms with Crippen LogP contribution in [0.4, 0.5) is 11.9 Å². The molecule has 0 aromatic carbocycles. The summed E-state index contributed by atoms with van der Waals surface area (Å²) in [6.45, 7) is 7.01. The van der Waals surface area contributed by atoms with Crippen LogP contribution in [0, 0.1) is 13.8 Å². The van der Waals surface area contributed by atoms with Gasteiger partial charge in [0.05, 0.1) is 11.4 Å². The number of anilines is 2. The molecule has 0 aliphatic carbocycles. The third kappa shape index (κ3) is 4.70. The van der Waals surface area contributed by atoms with E-state index in [0.717, 1.165) is 0 Å². The van der Waals surface area contributed by atoms with Crippen molar-refractivity contribution in [1.29, 1.82) is 0 Å². The molecule has 0 amide bonds. The van der Waals surface area contributed by atoms with E-state index in [4.69, 9.17) is 11.7 Å². The quantitative estimate of drug-likeness (QED) is 0.321. The Balaban J connectivity index is 0.00000264. The minimum Gasteiger partial charge on any atom is -0.335 e. The van der Waals surface area contributed by atoms with Crippen LogP contribution in [0.2, 0.25) is 0 Å². The van der Waals surface area contributed by atoms with Crippen molar-refractivity contribution in [2.75, 3.05) is 22.5 Å². The number of rotatable bonds is 5. The molecule has 6 N–H and O–H groups in total. The van der Waals surface area contributed by atoms with Gasteiger partial charge in [0.15, 0.2) is 11.6 Å². The molecule has 134 valence electrons. The summed E-state index contributed by atoms with van der Waals surface area (Å²) in [7, 11) is 0. The van der Waals surface area contributed by atoms with Crippen LogP contribution >= 0.6 is 24.8 Å². The van der Waals surface area contributed by atoms with Gasteiger partial charge in [-0.15, -0.1) is 45.2 Å². The van der Waals surface area contributed by atoms with Crippen LogP contribution in [0.15, 0.2) is 10.2 Å². The minimum absolute atomic E-state index is 0. The summed E-state index contributed by atoms with van der Waals surface area (Å²) < 4.78 is 2.59. The second kappa shape index (κ2) is 8.88. The highest BCUT2D eigenvalue weighted by molar-refractivity contribution is 6.40. The van der Waals surface area contributed by atoms with Crippen molar-refractivity contribution in [2.24, 2.45) is 10.2 Å². The van der Waals surface area contributed by atoms with Crippen molar-refractivity contribution >= 4 is 48.1 Å². The Bertz CT molecular complexity index is 668. The van der Waals surface area contributed by atoms with Gasteiger partial charge in [0, 0.05) is 0 Å². The van der Waals surface area contributed by atoms with E-state index in [1.54, 1.807) is 27.7 Å². The molecule has 0 aliphatic rings. The van der Waals surface area contributed by atoms with Crippen LogP contribution in [0.3, 0.4) is 0 Å². The van der Waals surface area contributed by atoms with Gasteiger partial charge in [-0.05, 0) is 27.7 Å². The summed E-state index contributed by atoms with van der Waals surface area (Å²) in [4.78, 5) is 0. The maximum absolute atomic E-state index is 5.70. The smallest absolute Gasteiger partial charge is 0.263 e. The Morgan fingerprint density at radius 1 is 0.792 bits per heavy atom. The first-order valence-electron chi connectivity index (χ1n) is 6.35. The van der Waals surface area contributed by atoms with Crippen LogP contribution in [0.1, 0.15) is 25.5 Å². The number of halogens is 2. The highest BCUT2D eigenvalue weighted by Crippen LogP contribution is 2.02. The lowest BCUT2D eigenvalue weighted by Crippen LogP contribution is -2.17. The summed E-state index contributed by atoms with van der Waals surface area (Å²) in [5, 5.41) is 23.5. The van der Waals surface area contributed by atoms with Gasteiger partial charge in [-0.3, -0.25) is 0 Å². The molecule has 0 atom stereocenters. The molecule has 0 spiro atoms. The molecular weight excluding hydrogens is 359 g/mol. The van der Waals surface area contributed by atoms with Crippen LogP contribution in [-0.2, 0) is 0 Å². The van der Waals surface area contributed by atoms with Crippen LogP contribution in [0.5, 0.6) is 0 Å². The number of nitrogen functional groups attached to an aromatic ring is 2. The van der Waals surface area contributed by atoms with Gasteiger partial charge < -0.3 is 11.7 Å². The van der Waals surface area contributed by atoms with Gasteiger partial charge in [-0.2, -0.15) is 10.2 Å². The number of nitrogens with zero attached hydrogens (tertiary/aromatic N) is 8. The van der Waals surface area contributed by atoms with Crippen molar-refractivity contribution in [3.05, 3.63) is 11.6 Å². The molecule has 2 aromatic heterocycles. The molecule has 0 bridgehead atoms. The number of aromatic nitrogens is 6. The molecule has 2 rings (SSSR count). The fraction of sp³-hybridized carbons (Fsp3) is 0.400. The van der Waals surface area contributed by atoms with E-state index in [9.17, 15) is 0 Å². The van der Waals surface area contributed by atoms with Crippen molar-refractivity contribution in [1.82, 2.24) is 29.7 Å². The van der Waals surface area contributed by atoms with Gasteiger partial charge in [-0.25, -0.2) is 20.2 Å². The van der Waals surface area contributed by atoms with E-state index < -0.39 is 0 Å². The van der Waals surface area contributed by atoms with Gasteiger partial charge in [0.25, 0.3) is 11.9 Å². The normalized spacial score (nSPS) is 11.5. The summed E-state index contributed by atoms with van der Waals surface area (Å²) in [5.41, 5.74) is 6.66. The zero-order valence-corrected chi connectivity index (χ0v) is 15.2. The molecule has 2 heterocycles. The molecule has 12 nitrogen and oxygen atoms in total. The molecule has 0 unspecified atom stereocenters. The monoisotopic (exact) mass is 378 g/mol. The maximum atomic E-state index is 5.70. The van der Waals surface area contributed by atoms with E-state index in [0.29, 0.717) is 35.0 Å². The highest BCUT2D eigenvalue weighted by atomic mass is 35.5. The first kappa shape index (κ1) is 21.4. The molecule has 0 radical (unpaired) electrons. The number of hydrogen-bond acceptors (Lipinski definition) is 10. The van der Waals surface area contributed by atoms with Crippen LogP contribution in [0.25, 0.3) is 0 Å². The summed E-state index contributed by atoms with van der Waals surface area (Å²) in [5.74, 6) is 13.2. The first-order valence-corrected chi connectivity index (χ1v) is 6.35. The largest absolute Gasteiger partial charge is 0.335 e. The lowest BCUT2D eigenvalue weighted by molar-refractivity contribution is 0.925. The number of hydrazone groups is 2. The molecular formula is C10H20Cl2N12. The Morgan fingerprint density at radius 3 is 1.38 bits per heavy atom. The van der Waals surface area contributed by atoms with Gasteiger partial charge >= 0.3 is 0 Å². The van der Waals surface area contributed by atoms with E-state index in [-0.39, 0.29) is 24.8 Å². The summed E-state index contributed by atoms with van der Waals surface area (Å²) in [6, 6.07) is 0. The average molecular weight is 379 g/mol. The van der Waals surface area contributed by atoms with Gasteiger partial charge in [0.1, 0.15) is 0 Å². The second-order valence-corrected chi connectivity index (χ2v) is 4.50. The van der Waals surface area contributed by atoms with Crippen LogP contribution < -0.4 is 22.5 Å². The minimum atomic E-state index is 0. The molecule has 0 saturated heterocycles. The third-order valence-corrected chi connectivity index (χ3v) is 2.90. The van der Waals surface area contributed by atoms with Crippen molar-refractivity contribution in [3.8, 4) is 0 Å². The average Bonchev–Trinajstić information content (AvgIpc) is 2.99. The predicted molar refractivity (Wildman–Crippen MR) is 97.8 cm³/mol. The number of nitrogens with one attached hydrogen (secondary N) is 2. The maximum Gasteiger partial charge on any atom is 0.263 e. The Kier molecular flexibility index (Phi) is 7.92. The Hall–Kier alpha value is -2.60. The first-order chi connectivity index (χ1) is 10.4. The predicted octanol–water partition coefficient (Wildman–Crippen LogP) is 0.0334. The summed E-state index contributed by atoms with van der Waals surface area (Å²) >= 11 is 0. The van der Waals surface area contributed by atoms with Gasteiger partial charge in [0.2, 0.25) is 0 Å². The van der Waals surface area contributed by atoms with E-state index >= 15 is 0 Å². The Morgan fingerprint density at radius 2 is 1.12 bits per heavy atom.